The lowest BCUT2D eigenvalue weighted by Crippen LogP contribution is -2.31. The summed E-state index contributed by atoms with van der Waals surface area (Å²) in [5, 5.41) is 15.0. The third-order valence-corrected chi connectivity index (χ3v) is 7.91. The molecule has 0 atom stereocenters. The molecule has 0 unspecified atom stereocenters. The van der Waals surface area contributed by atoms with Crippen molar-refractivity contribution in [1.29, 1.82) is 0 Å². The molecule has 11 heteroatoms. The van der Waals surface area contributed by atoms with Gasteiger partial charge in [0.25, 0.3) is 9.84 Å². The fourth-order valence-electron chi connectivity index (χ4n) is 4.09. The lowest BCUT2D eigenvalue weighted by atomic mass is 9.78. The van der Waals surface area contributed by atoms with Crippen molar-refractivity contribution in [3.05, 3.63) is 64.4 Å². The number of benzene rings is 2. The molecular weight excluding hydrogens is 536 g/mol. The number of aromatic nitrogens is 2. The van der Waals surface area contributed by atoms with Gasteiger partial charge in [0.1, 0.15) is 5.75 Å². The van der Waals surface area contributed by atoms with Crippen molar-refractivity contribution < 1.29 is 36.9 Å². The van der Waals surface area contributed by atoms with Crippen LogP contribution in [0.3, 0.4) is 0 Å². The molecule has 0 aliphatic heterocycles. The number of methoxy groups -OCH3 is 1. The Morgan fingerprint density at radius 2 is 1.55 bits per heavy atom. The Balaban J connectivity index is 1.78. The fraction of sp³-hybridized carbons (Fsp3) is 0.517. The van der Waals surface area contributed by atoms with Crippen molar-refractivity contribution in [3.8, 4) is 11.6 Å². The maximum atomic E-state index is 13.0. The Kier molecular flexibility index (Phi) is 10.2. The zero-order chi connectivity index (χ0) is 29.6. The molecule has 3 aromatic rings. The van der Waals surface area contributed by atoms with Gasteiger partial charge in [0, 0.05) is 18.2 Å². The van der Waals surface area contributed by atoms with Crippen LogP contribution in [0.4, 0.5) is 0 Å². The van der Waals surface area contributed by atoms with Crippen molar-refractivity contribution in [1.82, 2.24) is 5.16 Å². The molecule has 40 heavy (non-hydrogen) atoms. The molecule has 0 amide bonds. The topological polar surface area (TPSA) is 124 Å². The van der Waals surface area contributed by atoms with E-state index in [2.05, 4.69) is 63.5 Å². The van der Waals surface area contributed by atoms with Crippen LogP contribution in [0.25, 0.3) is 0 Å². The maximum absolute atomic E-state index is 13.0. The number of nitrogens with zero attached hydrogens (tertiary/aromatic N) is 2. The van der Waals surface area contributed by atoms with Crippen molar-refractivity contribution in [2.24, 2.45) is 0 Å². The molecule has 0 spiro atoms. The standard InChI is InChI=1S/C29H40N2O8S/c1-28(2,3)23-18-21(19-24(29(4,5)6)25(23)38-20-36-17-16-35-7)12-11-15-37-26-27(31(32)39-30-26)40(33,34)22-13-9-8-10-14-22/h8-10,13-14,18-19H,11-12,15-17,20H2,1-7H3. The van der Waals surface area contributed by atoms with Crippen LogP contribution >= 0.6 is 0 Å². The van der Waals surface area contributed by atoms with Gasteiger partial charge >= 0.3 is 10.9 Å². The predicted octanol–water partition coefficient (Wildman–Crippen LogP) is 4.75. The normalized spacial score (nSPS) is 12.5. The van der Waals surface area contributed by atoms with Crippen molar-refractivity contribution in [2.45, 2.75) is 75.1 Å². The lowest BCUT2D eigenvalue weighted by molar-refractivity contribution is -0.832. The van der Waals surface area contributed by atoms with Gasteiger partial charge in [-0.1, -0.05) is 71.9 Å². The monoisotopic (exact) mass is 576 g/mol. The molecule has 1 heterocycles. The first kappa shape index (κ1) is 31.4. The minimum atomic E-state index is -4.17. The number of sulfone groups is 1. The van der Waals surface area contributed by atoms with Gasteiger partial charge < -0.3 is 24.2 Å². The minimum absolute atomic E-state index is 0.0523. The molecule has 3 rings (SSSR count). The molecule has 1 aromatic heterocycles. The van der Waals surface area contributed by atoms with Gasteiger partial charge in [0.05, 0.1) is 29.9 Å². The van der Waals surface area contributed by atoms with E-state index >= 15 is 0 Å². The largest absolute Gasteiger partial charge is 0.467 e. The molecule has 0 aliphatic carbocycles. The zero-order valence-corrected chi connectivity index (χ0v) is 25.2. The summed E-state index contributed by atoms with van der Waals surface area (Å²) in [6.45, 7) is 14.0. The van der Waals surface area contributed by atoms with E-state index in [1.54, 1.807) is 25.3 Å². The Labute approximate surface area is 236 Å². The predicted molar refractivity (Wildman–Crippen MR) is 148 cm³/mol. The number of aryl methyl sites for hydroxylation is 1. The van der Waals surface area contributed by atoms with Gasteiger partial charge in [-0.25, -0.2) is 8.42 Å². The Morgan fingerprint density at radius 3 is 2.12 bits per heavy atom. The summed E-state index contributed by atoms with van der Waals surface area (Å²) in [6, 6.07) is 11.9. The highest BCUT2D eigenvalue weighted by atomic mass is 32.2. The van der Waals surface area contributed by atoms with Crippen molar-refractivity contribution in [3.63, 3.8) is 0 Å². The first-order valence-corrected chi connectivity index (χ1v) is 14.6. The highest BCUT2D eigenvalue weighted by Gasteiger charge is 2.35. The molecule has 220 valence electrons. The van der Waals surface area contributed by atoms with Crippen LogP contribution < -0.4 is 14.4 Å². The Hall–Kier alpha value is -3.15. The molecule has 0 bridgehead atoms. The quantitative estimate of drug-likeness (QED) is 0.161. The van der Waals surface area contributed by atoms with Crippen LogP contribution in [0.15, 0.2) is 57.0 Å². The molecule has 0 fully saturated rings. The number of rotatable bonds is 13. The number of hydrogen-bond acceptors (Lipinski definition) is 9. The summed E-state index contributed by atoms with van der Waals surface area (Å²) < 4.78 is 53.0. The van der Waals surface area contributed by atoms with Crippen LogP contribution in [-0.4, -0.2) is 47.3 Å². The molecule has 0 N–H and O–H groups in total. The summed E-state index contributed by atoms with van der Waals surface area (Å²) in [7, 11) is -2.54. The molecule has 10 nitrogen and oxygen atoms in total. The smallest absolute Gasteiger partial charge is 0.414 e. The Bertz CT molecular complexity index is 1320. The van der Waals surface area contributed by atoms with Gasteiger partial charge in [-0.15, -0.1) is 0 Å². The van der Waals surface area contributed by atoms with Crippen LogP contribution in [0.2, 0.25) is 0 Å². The molecule has 0 radical (unpaired) electrons. The average molecular weight is 577 g/mol. The van der Waals surface area contributed by atoms with E-state index in [4.69, 9.17) is 18.9 Å². The molecule has 0 saturated carbocycles. The summed E-state index contributed by atoms with van der Waals surface area (Å²) >= 11 is 0. The van der Waals surface area contributed by atoms with Crippen LogP contribution in [0.5, 0.6) is 11.6 Å². The Morgan fingerprint density at radius 1 is 0.925 bits per heavy atom. The summed E-state index contributed by atoms with van der Waals surface area (Å²) in [6.07, 6.45) is 1.19. The first-order valence-electron chi connectivity index (χ1n) is 13.2. The van der Waals surface area contributed by atoms with E-state index < -0.39 is 14.9 Å². The van der Waals surface area contributed by atoms with Crippen molar-refractivity contribution in [2.75, 3.05) is 33.7 Å². The van der Waals surface area contributed by atoms with E-state index in [9.17, 15) is 13.6 Å². The van der Waals surface area contributed by atoms with Gasteiger partial charge in [0.15, 0.2) is 6.79 Å². The van der Waals surface area contributed by atoms with Crippen LogP contribution in [0.1, 0.15) is 64.7 Å². The molecule has 2 aromatic carbocycles. The first-order chi connectivity index (χ1) is 18.8. The second-order valence-corrected chi connectivity index (χ2v) is 13.4. The molecular formula is C29H40N2O8S. The van der Waals surface area contributed by atoms with E-state index in [1.807, 2.05) is 0 Å². The van der Waals surface area contributed by atoms with E-state index in [0.29, 0.717) is 26.1 Å². The SMILES string of the molecule is COCCOCOc1c(C(C)(C)C)cc(CCCOc2no[n+]([O-])c2S(=O)(=O)c2ccccc2)cc1C(C)(C)C. The van der Waals surface area contributed by atoms with Gasteiger partial charge in [0.2, 0.25) is 0 Å². The highest BCUT2D eigenvalue weighted by Crippen LogP contribution is 2.41. The van der Waals surface area contributed by atoms with E-state index in [1.165, 1.54) is 12.1 Å². The van der Waals surface area contributed by atoms with Gasteiger partial charge in [-0.05, 0) is 46.3 Å². The second-order valence-electron chi connectivity index (χ2n) is 11.5. The van der Waals surface area contributed by atoms with Crippen molar-refractivity contribution >= 4 is 9.84 Å². The number of ether oxygens (including phenoxy) is 4. The average Bonchev–Trinajstić information content (AvgIpc) is 3.26. The van der Waals surface area contributed by atoms with E-state index in [-0.39, 0.29) is 39.9 Å². The minimum Gasteiger partial charge on any atom is -0.467 e. The van der Waals surface area contributed by atoms with Crippen LogP contribution in [-0.2, 0) is 36.6 Å². The number of hydrogen-bond donors (Lipinski definition) is 0. The zero-order valence-electron chi connectivity index (χ0n) is 24.4. The third-order valence-electron chi connectivity index (χ3n) is 6.19. The third kappa shape index (κ3) is 7.74. The summed E-state index contributed by atoms with van der Waals surface area (Å²) in [5.74, 6) is 0.456. The molecule has 0 saturated heterocycles. The molecule has 0 aliphatic rings. The summed E-state index contributed by atoms with van der Waals surface area (Å²) in [4.78, 5) is -0.191. The fourth-order valence-corrected chi connectivity index (χ4v) is 5.38. The lowest BCUT2D eigenvalue weighted by Gasteiger charge is -2.30. The second kappa shape index (κ2) is 13.0. The summed E-state index contributed by atoms with van der Waals surface area (Å²) in [5.41, 5.74) is 2.81. The van der Waals surface area contributed by atoms with Gasteiger partial charge in [-0.2, -0.15) is 0 Å². The highest BCUT2D eigenvalue weighted by molar-refractivity contribution is 7.91. The van der Waals surface area contributed by atoms with Crippen LogP contribution in [0, 0.1) is 5.21 Å². The van der Waals surface area contributed by atoms with Gasteiger partial charge in [-0.3, -0.25) is 4.63 Å². The van der Waals surface area contributed by atoms with E-state index in [0.717, 1.165) is 22.4 Å². The maximum Gasteiger partial charge on any atom is 0.414 e.